The molecule has 0 fully saturated rings. The monoisotopic (exact) mass is 207 g/mol. The summed E-state index contributed by atoms with van der Waals surface area (Å²) in [6.45, 7) is 1.94. The highest BCUT2D eigenvalue weighted by atomic mass is 19.1. The number of ketones is 1. The zero-order valence-corrected chi connectivity index (χ0v) is 8.66. The maximum Gasteiger partial charge on any atom is 0.168 e. The van der Waals surface area contributed by atoms with Crippen molar-refractivity contribution in [2.75, 3.05) is 0 Å². The Kier molecular flexibility index (Phi) is 2.57. The lowest BCUT2D eigenvalue weighted by Gasteiger charge is -2.14. The van der Waals surface area contributed by atoms with Crippen molar-refractivity contribution in [2.24, 2.45) is 11.7 Å². The van der Waals surface area contributed by atoms with E-state index < -0.39 is 0 Å². The quantitative estimate of drug-likeness (QED) is 0.805. The van der Waals surface area contributed by atoms with Gasteiger partial charge in [-0.25, -0.2) is 4.39 Å². The molecule has 80 valence electrons. The molecule has 0 heterocycles. The number of benzene rings is 1. The van der Waals surface area contributed by atoms with Crippen molar-refractivity contribution in [3.8, 4) is 0 Å². The minimum absolute atomic E-state index is 0.00106. The van der Waals surface area contributed by atoms with Crippen LogP contribution in [0.4, 0.5) is 4.39 Å². The molecular weight excluding hydrogens is 193 g/mol. The van der Waals surface area contributed by atoms with E-state index in [1.54, 1.807) is 12.1 Å². The third-order valence-electron chi connectivity index (χ3n) is 3.13. The van der Waals surface area contributed by atoms with Crippen LogP contribution in [0.25, 0.3) is 0 Å². The summed E-state index contributed by atoms with van der Waals surface area (Å²) in [6.07, 6.45) is 1.20. The summed E-state index contributed by atoms with van der Waals surface area (Å²) in [5.41, 5.74) is 6.91. The highest BCUT2D eigenvalue weighted by molar-refractivity contribution is 6.02. The molecule has 0 saturated carbocycles. The lowest BCUT2D eigenvalue weighted by molar-refractivity contribution is 0.0918. The molecule has 0 saturated heterocycles. The van der Waals surface area contributed by atoms with Gasteiger partial charge in [-0.15, -0.1) is 0 Å². The second-order valence-corrected chi connectivity index (χ2v) is 4.01. The molecule has 3 heteroatoms. The van der Waals surface area contributed by atoms with Crippen LogP contribution < -0.4 is 5.73 Å². The highest BCUT2D eigenvalue weighted by Crippen LogP contribution is 2.30. The van der Waals surface area contributed by atoms with Crippen molar-refractivity contribution in [3.63, 3.8) is 0 Å². The Morgan fingerprint density at radius 3 is 2.93 bits per heavy atom. The molecule has 0 aliphatic heterocycles. The molecule has 2 atom stereocenters. The molecule has 1 aliphatic carbocycles. The third kappa shape index (κ3) is 1.57. The predicted octanol–water partition coefficient (Wildman–Crippen LogP) is 1.92. The number of fused-ring (bicyclic) bond motifs is 1. The van der Waals surface area contributed by atoms with Crippen molar-refractivity contribution in [1.29, 1.82) is 0 Å². The first-order valence-corrected chi connectivity index (χ1v) is 5.22. The van der Waals surface area contributed by atoms with E-state index >= 15 is 0 Å². The molecule has 15 heavy (non-hydrogen) atoms. The topological polar surface area (TPSA) is 43.1 Å². The molecule has 2 N–H and O–H groups in total. The van der Waals surface area contributed by atoms with Gasteiger partial charge >= 0.3 is 0 Å². The Morgan fingerprint density at radius 1 is 1.60 bits per heavy atom. The third-order valence-corrected chi connectivity index (χ3v) is 3.13. The second-order valence-electron chi connectivity index (χ2n) is 4.01. The summed E-state index contributed by atoms with van der Waals surface area (Å²) in [6, 6.07) is 4.49. The number of rotatable bonds is 2. The molecule has 2 unspecified atom stereocenters. The van der Waals surface area contributed by atoms with Crippen LogP contribution in [0.1, 0.15) is 29.3 Å². The average Bonchev–Trinajstić information content (AvgIpc) is 2.57. The average molecular weight is 207 g/mol. The van der Waals surface area contributed by atoms with E-state index in [1.807, 2.05) is 6.92 Å². The van der Waals surface area contributed by atoms with E-state index in [4.69, 9.17) is 5.73 Å². The van der Waals surface area contributed by atoms with Gasteiger partial charge in [0.05, 0.1) is 0 Å². The minimum atomic E-state index is -0.286. The van der Waals surface area contributed by atoms with Crippen LogP contribution in [0.2, 0.25) is 0 Å². The molecule has 0 radical (unpaired) electrons. The van der Waals surface area contributed by atoms with Crippen LogP contribution in [0.5, 0.6) is 0 Å². The number of hydrogen-bond acceptors (Lipinski definition) is 2. The zero-order valence-electron chi connectivity index (χ0n) is 8.66. The SMILES string of the molecule is CCC(N)C1Cc2c(F)cccc2C1=O. The molecule has 0 amide bonds. The number of nitrogens with two attached hydrogens (primary N) is 1. The fourth-order valence-electron chi connectivity index (χ4n) is 2.14. The largest absolute Gasteiger partial charge is 0.327 e. The molecule has 1 aliphatic rings. The number of Topliss-reactive ketones (excluding diaryl/α,β-unsaturated/α-hetero) is 1. The van der Waals surface area contributed by atoms with Crippen molar-refractivity contribution in [1.82, 2.24) is 0 Å². The number of hydrogen-bond donors (Lipinski definition) is 1. The fraction of sp³-hybridized carbons (Fsp3) is 0.417. The fourth-order valence-corrected chi connectivity index (χ4v) is 2.14. The van der Waals surface area contributed by atoms with Gasteiger partial charge in [0.25, 0.3) is 0 Å². The Balaban J connectivity index is 2.37. The highest BCUT2D eigenvalue weighted by Gasteiger charge is 2.35. The van der Waals surface area contributed by atoms with E-state index in [2.05, 4.69) is 0 Å². The second kappa shape index (κ2) is 3.74. The molecule has 1 aromatic rings. The maximum atomic E-state index is 13.4. The smallest absolute Gasteiger partial charge is 0.168 e. The number of carbonyl (C=O) groups excluding carboxylic acids is 1. The van der Waals surface area contributed by atoms with E-state index in [1.165, 1.54) is 6.07 Å². The van der Waals surface area contributed by atoms with Gasteiger partial charge in [0, 0.05) is 17.5 Å². The van der Waals surface area contributed by atoms with E-state index in [9.17, 15) is 9.18 Å². The van der Waals surface area contributed by atoms with Crippen molar-refractivity contribution in [3.05, 3.63) is 35.1 Å². The summed E-state index contributed by atoms with van der Waals surface area (Å²) >= 11 is 0. The number of carbonyl (C=O) groups is 1. The number of halogens is 1. The first-order valence-electron chi connectivity index (χ1n) is 5.22. The summed E-state index contributed by atoms with van der Waals surface area (Å²) in [5.74, 6) is -0.521. The van der Waals surface area contributed by atoms with Gasteiger partial charge in [-0.2, -0.15) is 0 Å². The van der Waals surface area contributed by atoms with Crippen molar-refractivity contribution in [2.45, 2.75) is 25.8 Å². The summed E-state index contributed by atoms with van der Waals surface area (Å²) < 4.78 is 13.4. The molecule has 0 spiro atoms. The minimum Gasteiger partial charge on any atom is -0.327 e. The standard InChI is InChI=1S/C12H14FNO/c1-2-11(14)9-6-8-7(12(9)15)4-3-5-10(8)13/h3-5,9,11H,2,6,14H2,1H3. The van der Waals surface area contributed by atoms with Gasteiger partial charge in [0.2, 0.25) is 0 Å². The van der Waals surface area contributed by atoms with Crippen molar-refractivity contribution >= 4 is 5.78 Å². The van der Waals surface area contributed by atoms with Gasteiger partial charge in [-0.3, -0.25) is 4.79 Å². The normalized spacial score (nSPS) is 21.5. The Bertz CT molecular complexity index is 403. The first-order chi connectivity index (χ1) is 7.15. The predicted molar refractivity (Wildman–Crippen MR) is 56.2 cm³/mol. The van der Waals surface area contributed by atoms with Gasteiger partial charge in [-0.05, 0) is 24.5 Å². The van der Waals surface area contributed by atoms with Gasteiger partial charge < -0.3 is 5.73 Å². The maximum absolute atomic E-state index is 13.4. The van der Waals surface area contributed by atoms with Crippen LogP contribution in [-0.4, -0.2) is 11.8 Å². The van der Waals surface area contributed by atoms with Crippen LogP contribution in [0, 0.1) is 11.7 Å². The molecule has 0 bridgehead atoms. The summed E-state index contributed by atoms with van der Waals surface area (Å²) in [4.78, 5) is 11.9. The molecular formula is C12H14FNO. The Hall–Kier alpha value is -1.22. The lowest BCUT2D eigenvalue weighted by Crippen LogP contribution is -2.33. The molecule has 2 rings (SSSR count). The van der Waals surface area contributed by atoms with Gasteiger partial charge in [0.15, 0.2) is 5.78 Å². The first kappa shape index (κ1) is 10.3. The molecule has 1 aromatic carbocycles. The Labute approximate surface area is 88.3 Å². The van der Waals surface area contributed by atoms with E-state index in [0.29, 0.717) is 17.5 Å². The van der Waals surface area contributed by atoms with Crippen LogP contribution in [-0.2, 0) is 6.42 Å². The summed E-state index contributed by atoms with van der Waals surface area (Å²) in [5, 5.41) is 0. The van der Waals surface area contributed by atoms with Crippen LogP contribution in [0.15, 0.2) is 18.2 Å². The van der Waals surface area contributed by atoms with E-state index in [0.717, 1.165) is 6.42 Å². The van der Waals surface area contributed by atoms with Crippen LogP contribution >= 0.6 is 0 Å². The Morgan fingerprint density at radius 2 is 2.33 bits per heavy atom. The van der Waals surface area contributed by atoms with E-state index in [-0.39, 0.29) is 23.6 Å². The lowest BCUT2D eigenvalue weighted by atomic mass is 9.94. The van der Waals surface area contributed by atoms with Crippen LogP contribution in [0.3, 0.4) is 0 Å². The van der Waals surface area contributed by atoms with Gasteiger partial charge in [0.1, 0.15) is 5.82 Å². The molecule has 2 nitrogen and oxygen atoms in total. The molecule has 0 aromatic heterocycles. The van der Waals surface area contributed by atoms with Crippen molar-refractivity contribution < 1.29 is 9.18 Å². The van der Waals surface area contributed by atoms with Gasteiger partial charge in [-0.1, -0.05) is 19.1 Å². The zero-order chi connectivity index (χ0) is 11.0. The summed E-state index contributed by atoms with van der Waals surface area (Å²) in [7, 11) is 0.